The van der Waals surface area contributed by atoms with Gasteiger partial charge in [-0.25, -0.2) is 9.97 Å². The Labute approximate surface area is 126 Å². The van der Waals surface area contributed by atoms with Crippen molar-refractivity contribution in [1.29, 1.82) is 0 Å². The molecule has 0 aliphatic carbocycles. The number of nitrogens with one attached hydrogen (secondary N) is 1. The summed E-state index contributed by atoms with van der Waals surface area (Å²) in [5.74, 6) is 0.424. The van der Waals surface area contributed by atoms with E-state index in [-0.39, 0.29) is 0 Å². The van der Waals surface area contributed by atoms with Crippen molar-refractivity contribution >= 4 is 5.69 Å². The molecule has 7 heteroatoms. The zero-order valence-corrected chi connectivity index (χ0v) is 11.8. The molecular weight excluding hydrogens is 293 g/mol. The number of piperazine rings is 1. The first-order valence-electron chi connectivity index (χ1n) is 6.99. The van der Waals surface area contributed by atoms with Crippen molar-refractivity contribution in [3.8, 4) is 11.4 Å². The van der Waals surface area contributed by atoms with Crippen molar-refractivity contribution in [3.63, 3.8) is 0 Å². The SMILES string of the molecule is FC(F)(F)c1ccc(-c2ncc(N3CCNCC3)cn2)cc1. The van der Waals surface area contributed by atoms with Gasteiger partial charge in [0, 0.05) is 31.7 Å². The van der Waals surface area contributed by atoms with Gasteiger partial charge in [-0.15, -0.1) is 0 Å². The largest absolute Gasteiger partial charge is 0.416 e. The van der Waals surface area contributed by atoms with Gasteiger partial charge in [0.2, 0.25) is 0 Å². The molecule has 1 saturated heterocycles. The third-order valence-electron chi connectivity index (χ3n) is 3.59. The molecule has 1 aliphatic rings. The molecule has 1 aromatic carbocycles. The van der Waals surface area contributed by atoms with Gasteiger partial charge in [-0.3, -0.25) is 0 Å². The van der Waals surface area contributed by atoms with E-state index in [1.807, 2.05) is 0 Å². The first-order chi connectivity index (χ1) is 10.5. The van der Waals surface area contributed by atoms with Crippen molar-refractivity contribution in [1.82, 2.24) is 15.3 Å². The van der Waals surface area contributed by atoms with E-state index in [0.717, 1.165) is 44.0 Å². The van der Waals surface area contributed by atoms with Gasteiger partial charge in [-0.1, -0.05) is 12.1 Å². The number of anilines is 1. The van der Waals surface area contributed by atoms with Crippen LogP contribution in [0.2, 0.25) is 0 Å². The average Bonchev–Trinajstić information content (AvgIpc) is 2.55. The fraction of sp³-hybridized carbons (Fsp3) is 0.333. The molecule has 1 aromatic heterocycles. The molecule has 4 nitrogen and oxygen atoms in total. The van der Waals surface area contributed by atoms with Crippen molar-refractivity contribution in [2.24, 2.45) is 0 Å². The maximum Gasteiger partial charge on any atom is 0.416 e. The van der Waals surface area contributed by atoms with Gasteiger partial charge in [0.1, 0.15) is 0 Å². The van der Waals surface area contributed by atoms with Crippen molar-refractivity contribution in [3.05, 3.63) is 42.2 Å². The molecule has 22 heavy (non-hydrogen) atoms. The number of halogens is 3. The van der Waals surface area contributed by atoms with E-state index in [0.29, 0.717) is 11.4 Å². The zero-order chi connectivity index (χ0) is 15.6. The van der Waals surface area contributed by atoms with Gasteiger partial charge < -0.3 is 10.2 Å². The highest BCUT2D eigenvalue weighted by Gasteiger charge is 2.30. The number of aromatic nitrogens is 2. The Morgan fingerprint density at radius 1 is 0.955 bits per heavy atom. The normalized spacial score (nSPS) is 15.9. The van der Waals surface area contributed by atoms with Crippen LogP contribution >= 0.6 is 0 Å². The minimum absolute atomic E-state index is 0.424. The van der Waals surface area contributed by atoms with Gasteiger partial charge in [0.25, 0.3) is 0 Å². The van der Waals surface area contributed by atoms with Crippen LogP contribution in [-0.2, 0) is 6.18 Å². The van der Waals surface area contributed by atoms with Crippen LogP contribution < -0.4 is 10.2 Å². The van der Waals surface area contributed by atoms with E-state index in [1.165, 1.54) is 12.1 Å². The highest BCUT2D eigenvalue weighted by Crippen LogP contribution is 2.30. The van der Waals surface area contributed by atoms with Crippen LogP contribution in [0.15, 0.2) is 36.7 Å². The molecule has 116 valence electrons. The summed E-state index contributed by atoms with van der Waals surface area (Å²) in [6.45, 7) is 3.62. The molecule has 1 fully saturated rings. The Hall–Kier alpha value is -2.15. The number of hydrogen-bond donors (Lipinski definition) is 1. The summed E-state index contributed by atoms with van der Waals surface area (Å²) >= 11 is 0. The summed E-state index contributed by atoms with van der Waals surface area (Å²) in [5, 5.41) is 3.26. The lowest BCUT2D eigenvalue weighted by atomic mass is 10.1. The average molecular weight is 308 g/mol. The minimum atomic E-state index is -4.33. The summed E-state index contributed by atoms with van der Waals surface area (Å²) in [7, 11) is 0. The van der Waals surface area contributed by atoms with E-state index < -0.39 is 11.7 Å². The van der Waals surface area contributed by atoms with Crippen LogP contribution in [-0.4, -0.2) is 36.1 Å². The minimum Gasteiger partial charge on any atom is -0.366 e. The summed E-state index contributed by atoms with van der Waals surface area (Å²) in [4.78, 5) is 10.7. The number of rotatable bonds is 2. The fourth-order valence-electron chi connectivity index (χ4n) is 2.36. The predicted molar refractivity (Wildman–Crippen MR) is 77.6 cm³/mol. The second-order valence-corrected chi connectivity index (χ2v) is 5.08. The third kappa shape index (κ3) is 3.19. The second-order valence-electron chi connectivity index (χ2n) is 5.08. The molecule has 0 saturated carbocycles. The van der Waals surface area contributed by atoms with Crippen LogP contribution in [0.5, 0.6) is 0 Å². The van der Waals surface area contributed by atoms with E-state index in [9.17, 15) is 13.2 Å². The molecule has 2 heterocycles. The second kappa shape index (κ2) is 5.92. The van der Waals surface area contributed by atoms with Crippen LogP contribution in [0.25, 0.3) is 11.4 Å². The molecule has 1 aliphatic heterocycles. The number of hydrogen-bond acceptors (Lipinski definition) is 4. The number of nitrogens with zero attached hydrogens (tertiary/aromatic N) is 3. The smallest absolute Gasteiger partial charge is 0.366 e. The van der Waals surface area contributed by atoms with E-state index >= 15 is 0 Å². The molecule has 2 aromatic rings. The third-order valence-corrected chi connectivity index (χ3v) is 3.59. The first-order valence-corrected chi connectivity index (χ1v) is 6.99. The molecule has 0 amide bonds. The Kier molecular flexibility index (Phi) is 3.98. The summed E-state index contributed by atoms with van der Waals surface area (Å²) in [5.41, 5.74) is 0.825. The molecule has 0 bridgehead atoms. The molecule has 1 N–H and O–H groups in total. The van der Waals surface area contributed by atoms with Crippen LogP contribution in [0.4, 0.5) is 18.9 Å². The Morgan fingerprint density at radius 3 is 2.09 bits per heavy atom. The van der Waals surface area contributed by atoms with E-state index in [2.05, 4.69) is 20.2 Å². The van der Waals surface area contributed by atoms with Gasteiger partial charge in [-0.05, 0) is 12.1 Å². The lowest BCUT2D eigenvalue weighted by Gasteiger charge is -2.28. The predicted octanol–water partition coefficient (Wildman–Crippen LogP) is 2.57. The Balaban J connectivity index is 1.77. The van der Waals surface area contributed by atoms with Crippen molar-refractivity contribution in [2.75, 3.05) is 31.1 Å². The Bertz CT molecular complexity index is 617. The van der Waals surface area contributed by atoms with E-state index in [4.69, 9.17) is 0 Å². The fourth-order valence-corrected chi connectivity index (χ4v) is 2.36. The van der Waals surface area contributed by atoms with Gasteiger partial charge in [0.15, 0.2) is 5.82 Å². The molecule has 0 spiro atoms. The lowest BCUT2D eigenvalue weighted by molar-refractivity contribution is -0.137. The molecule has 3 rings (SSSR count). The zero-order valence-electron chi connectivity index (χ0n) is 11.8. The van der Waals surface area contributed by atoms with Gasteiger partial charge in [0.05, 0.1) is 23.6 Å². The van der Waals surface area contributed by atoms with Crippen molar-refractivity contribution in [2.45, 2.75) is 6.18 Å². The quantitative estimate of drug-likeness (QED) is 0.926. The molecule has 0 unspecified atom stereocenters. The topological polar surface area (TPSA) is 41.1 Å². The number of alkyl halides is 3. The summed E-state index contributed by atoms with van der Waals surface area (Å²) in [6, 6.07) is 4.87. The van der Waals surface area contributed by atoms with Crippen LogP contribution in [0.3, 0.4) is 0 Å². The van der Waals surface area contributed by atoms with Crippen molar-refractivity contribution < 1.29 is 13.2 Å². The summed E-state index contributed by atoms with van der Waals surface area (Å²) in [6.07, 6.45) is -0.901. The highest BCUT2D eigenvalue weighted by atomic mass is 19.4. The van der Waals surface area contributed by atoms with Gasteiger partial charge >= 0.3 is 6.18 Å². The Morgan fingerprint density at radius 2 is 1.55 bits per heavy atom. The molecule has 0 radical (unpaired) electrons. The maximum absolute atomic E-state index is 12.5. The maximum atomic E-state index is 12.5. The lowest BCUT2D eigenvalue weighted by Crippen LogP contribution is -2.43. The van der Waals surface area contributed by atoms with Gasteiger partial charge in [-0.2, -0.15) is 13.2 Å². The standard InChI is InChI=1S/C15H15F3N4/c16-15(17,18)12-3-1-11(2-4-12)14-20-9-13(10-21-14)22-7-5-19-6-8-22/h1-4,9-10,19H,5-8H2. The monoisotopic (exact) mass is 308 g/mol. The van der Waals surface area contributed by atoms with Crippen LogP contribution in [0.1, 0.15) is 5.56 Å². The van der Waals surface area contributed by atoms with E-state index in [1.54, 1.807) is 12.4 Å². The van der Waals surface area contributed by atoms with Crippen LogP contribution in [0, 0.1) is 0 Å². The molecule has 0 atom stereocenters. The number of benzene rings is 1. The highest BCUT2D eigenvalue weighted by molar-refractivity contribution is 5.57. The first kappa shape index (κ1) is 14.8. The summed E-state index contributed by atoms with van der Waals surface area (Å²) < 4.78 is 37.6. The molecular formula is C15H15F3N4.